The highest BCUT2D eigenvalue weighted by Crippen LogP contribution is 2.37. The van der Waals surface area contributed by atoms with E-state index in [1.165, 1.54) is 4.90 Å². The number of carbonyl (C=O) groups excluding carboxylic acids is 1. The Hall–Kier alpha value is -1.88. The average molecular weight is 287 g/mol. The van der Waals surface area contributed by atoms with E-state index in [-0.39, 0.29) is 5.91 Å². The van der Waals surface area contributed by atoms with Crippen LogP contribution < -0.4 is 11.1 Å². The Morgan fingerprint density at radius 1 is 1.35 bits per heavy atom. The third-order valence-corrected chi connectivity index (χ3v) is 4.13. The molecule has 1 aliphatic rings. The molecule has 0 radical (unpaired) electrons. The molecule has 1 amide bonds. The van der Waals surface area contributed by atoms with Crippen molar-refractivity contribution in [3.05, 3.63) is 42.2 Å². The van der Waals surface area contributed by atoms with E-state index in [9.17, 15) is 4.79 Å². The Morgan fingerprint density at radius 3 is 2.65 bits per heavy atom. The Bertz CT molecular complexity index is 629. The third kappa shape index (κ3) is 2.67. The van der Waals surface area contributed by atoms with Crippen LogP contribution in [0.1, 0.15) is 29.4 Å². The number of nitrogen functional groups attached to an aromatic ring is 1. The molecule has 4 nitrogen and oxygen atoms in total. The number of nitrogens with one attached hydrogen (secondary N) is 1. The number of hydrogen-bond acceptors (Lipinski definition) is 3. The fraction of sp³-hybridized carbons (Fsp3) is 0.267. The second kappa shape index (κ2) is 5.25. The summed E-state index contributed by atoms with van der Waals surface area (Å²) in [6.07, 6.45) is 6.12. The van der Waals surface area contributed by atoms with Crippen LogP contribution in [0.4, 0.5) is 11.4 Å². The van der Waals surface area contributed by atoms with Gasteiger partial charge in [0.05, 0.1) is 5.69 Å². The topological polar surface area (TPSA) is 60.1 Å². The summed E-state index contributed by atoms with van der Waals surface area (Å²) in [6, 6.07) is 9.99. The monoisotopic (exact) mass is 287 g/mol. The molecule has 1 saturated carbocycles. The van der Waals surface area contributed by atoms with Gasteiger partial charge in [-0.2, -0.15) is 0 Å². The highest BCUT2D eigenvalue weighted by molar-refractivity contribution is 7.98. The SMILES string of the molecule is CSc1ccc(NC(=O)c2cc(N)cn2C2CC2)cc1. The summed E-state index contributed by atoms with van der Waals surface area (Å²) in [5.74, 6) is -0.106. The molecule has 2 aromatic rings. The molecule has 20 heavy (non-hydrogen) atoms. The van der Waals surface area contributed by atoms with Crippen molar-refractivity contribution >= 4 is 29.0 Å². The van der Waals surface area contributed by atoms with Gasteiger partial charge in [-0.1, -0.05) is 0 Å². The lowest BCUT2D eigenvalue weighted by Crippen LogP contribution is -2.16. The van der Waals surface area contributed by atoms with E-state index < -0.39 is 0 Å². The minimum Gasteiger partial charge on any atom is -0.397 e. The van der Waals surface area contributed by atoms with E-state index >= 15 is 0 Å². The number of hydrogen-bond donors (Lipinski definition) is 2. The molecule has 3 N–H and O–H groups in total. The molecular formula is C15H17N3OS. The molecule has 1 aromatic carbocycles. The van der Waals surface area contributed by atoms with Crippen LogP contribution in [-0.4, -0.2) is 16.7 Å². The molecule has 104 valence electrons. The Labute approximate surface area is 122 Å². The highest BCUT2D eigenvalue weighted by Gasteiger charge is 2.27. The van der Waals surface area contributed by atoms with E-state index in [1.54, 1.807) is 17.8 Å². The lowest BCUT2D eigenvalue weighted by Gasteiger charge is -2.09. The van der Waals surface area contributed by atoms with Gasteiger partial charge in [0.1, 0.15) is 5.69 Å². The first kappa shape index (κ1) is 13.1. The molecule has 1 aliphatic carbocycles. The van der Waals surface area contributed by atoms with Gasteiger partial charge in [0.15, 0.2) is 0 Å². The largest absolute Gasteiger partial charge is 0.397 e. The number of amides is 1. The van der Waals surface area contributed by atoms with Gasteiger partial charge in [0.2, 0.25) is 0 Å². The number of benzene rings is 1. The van der Waals surface area contributed by atoms with E-state index in [2.05, 4.69) is 5.32 Å². The summed E-state index contributed by atoms with van der Waals surface area (Å²) >= 11 is 1.68. The van der Waals surface area contributed by atoms with Gasteiger partial charge in [-0.05, 0) is 49.4 Å². The maximum Gasteiger partial charge on any atom is 0.272 e. The fourth-order valence-corrected chi connectivity index (χ4v) is 2.62. The van der Waals surface area contributed by atoms with Gasteiger partial charge >= 0.3 is 0 Å². The summed E-state index contributed by atoms with van der Waals surface area (Å²) in [7, 11) is 0. The molecule has 0 spiro atoms. The van der Waals surface area contributed by atoms with Crippen molar-refractivity contribution in [2.24, 2.45) is 0 Å². The first-order valence-electron chi connectivity index (χ1n) is 6.60. The predicted octanol–water partition coefficient (Wildman–Crippen LogP) is 3.38. The molecule has 1 heterocycles. The maximum absolute atomic E-state index is 12.3. The Balaban J connectivity index is 1.78. The Kier molecular flexibility index (Phi) is 3.44. The molecule has 0 aliphatic heterocycles. The predicted molar refractivity (Wildman–Crippen MR) is 83.3 cm³/mol. The van der Waals surface area contributed by atoms with E-state index in [1.807, 2.05) is 41.3 Å². The van der Waals surface area contributed by atoms with Gasteiger partial charge in [0.25, 0.3) is 5.91 Å². The smallest absolute Gasteiger partial charge is 0.272 e. The van der Waals surface area contributed by atoms with E-state index in [4.69, 9.17) is 5.73 Å². The third-order valence-electron chi connectivity index (χ3n) is 3.39. The molecule has 3 rings (SSSR count). The van der Waals surface area contributed by atoms with Crippen molar-refractivity contribution in [1.82, 2.24) is 4.57 Å². The molecular weight excluding hydrogens is 270 g/mol. The number of aromatic nitrogens is 1. The number of nitrogens with two attached hydrogens (primary N) is 1. The lowest BCUT2D eigenvalue weighted by molar-refractivity contribution is 0.101. The zero-order chi connectivity index (χ0) is 14.1. The lowest BCUT2D eigenvalue weighted by atomic mass is 10.3. The van der Waals surface area contributed by atoms with Crippen LogP contribution in [0.5, 0.6) is 0 Å². The number of rotatable bonds is 4. The summed E-state index contributed by atoms with van der Waals surface area (Å²) in [6.45, 7) is 0. The summed E-state index contributed by atoms with van der Waals surface area (Å²) < 4.78 is 1.99. The fourth-order valence-electron chi connectivity index (χ4n) is 2.21. The first-order valence-corrected chi connectivity index (χ1v) is 7.82. The van der Waals surface area contributed by atoms with Gasteiger partial charge in [-0.25, -0.2) is 0 Å². The second-order valence-electron chi connectivity index (χ2n) is 4.98. The summed E-state index contributed by atoms with van der Waals surface area (Å²) in [5.41, 5.74) is 7.89. The van der Waals surface area contributed by atoms with Crippen LogP contribution in [0.15, 0.2) is 41.4 Å². The van der Waals surface area contributed by atoms with Gasteiger partial charge in [0, 0.05) is 22.8 Å². The molecule has 0 bridgehead atoms. The second-order valence-corrected chi connectivity index (χ2v) is 5.86. The van der Waals surface area contributed by atoms with Gasteiger partial charge in [-0.15, -0.1) is 11.8 Å². The molecule has 5 heteroatoms. The molecule has 0 atom stereocenters. The molecule has 0 unspecified atom stereocenters. The minimum atomic E-state index is -0.106. The minimum absolute atomic E-state index is 0.106. The maximum atomic E-state index is 12.3. The number of carbonyl (C=O) groups is 1. The van der Waals surface area contributed by atoms with Crippen LogP contribution in [0.2, 0.25) is 0 Å². The van der Waals surface area contributed by atoms with Crippen molar-refractivity contribution < 1.29 is 4.79 Å². The normalized spacial score (nSPS) is 14.2. The van der Waals surface area contributed by atoms with Crippen molar-refractivity contribution in [2.75, 3.05) is 17.3 Å². The summed E-state index contributed by atoms with van der Waals surface area (Å²) in [5, 5.41) is 2.92. The molecule has 1 fully saturated rings. The Morgan fingerprint density at radius 2 is 2.05 bits per heavy atom. The zero-order valence-electron chi connectivity index (χ0n) is 11.3. The van der Waals surface area contributed by atoms with Crippen LogP contribution in [0.3, 0.4) is 0 Å². The number of anilines is 2. The van der Waals surface area contributed by atoms with Crippen molar-refractivity contribution in [3.8, 4) is 0 Å². The first-order chi connectivity index (χ1) is 9.67. The van der Waals surface area contributed by atoms with Crippen LogP contribution in [0, 0.1) is 0 Å². The number of thioether (sulfide) groups is 1. The number of nitrogens with zero attached hydrogens (tertiary/aromatic N) is 1. The highest BCUT2D eigenvalue weighted by atomic mass is 32.2. The van der Waals surface area contributed by atoms with Crippen LogP contribution in [-0.2, 0) is 0 Å². The standard InChI is InChI=1S/C15H17N3OS/c1-20-13-6-2-11(3-7-13)17-15(19)14-8-10(16)9-18(14)12-4-5-12/h2-3,6-9,12H,4-5,16H2,1H3,(H,17,19). The average Bonchev–Trinajstić information content (AvgIpc) is 3.22. The van der Waals surface area contributed by atoms with Gasteiger partial charge in [-0.3, -0.25) is 4.79 Å². The zero-order valence-corrected chi connectivity index (χ0v) is 12.1. The van der Waals surface area contributed by atoms with Crippen LogP contribution in [0.25, 0.3) is 0 Å². The quantitative estimate of drug-likeness (QED) is 0.847. The van der Waals surface area contributed by atoms with Crippen molar-refractivity contribution in [3.63, 3.8) is 0 Å². The van der Waals surface area contributed by atoms with Crippen molar-refractivity contribution in [2.45, 2.75) is 23.8 Å². The van der Waals surface area contributed by atoms with E-state index in [0.29, 0.717) is 17.4 Å². The summed E-state index contributed by atoms with van der Waals surface area (Å²) in [4.78, 5) is 13.5. The van der Waals surface area contributed by atoms with E-state index in [0.717, 1.165) is 18.5 Å². The molecule has 1 aromatic heterocycles. The van der Waals surface area contributed by atoms with Crippen molar-refractivity contribution in [1.29, 1.82) is 0 Å². The van der Waals surface area contributed by atoms with Crippen LogP contribution >= 0.6 is 11.8 Å². The van der Waals surface area contributed by atoms with Gasteiger partial charge < -0.3 is 15.6 Å². The molecule has 0 saturated heterocycles.